The van der Waals surface area contributed by atoms with Crippen LogP contribution in [0, 0.1) is 0 Å². The fourth-order valence-electron chi connectivity index (χ4n) is 3.50. The van der Waals surface area contributed by atoms with Gasteiger partial charge >= 0.3 is 0 Å². The number of likely N-dealkylation sites (tertiary alicyclic amines) is 1. The lowest BCUT2D eigenvalue weighted by molar-refractivity contribution is -0.129. The van der Waals surface area contributed by atoms with Gasteiger partial charge in [-0.05, 0) is 55.6 Å². The molecule has 0 atom stereocenters. The van der Waals surface area contributed by atoms with Crippen LogP contribution in [0.25, 0.3) is 0 Å². The van der Waals surface area contributed by atoms with E-state index >= 15 is 0 Å². The zero-order chi connectivity index (χ0) is 12.5. The van der Waals surface area contributed by atoms with Gasteiger partial charge in [-0.1, -0.05) is 0 Å². The fraction of sp³-hybridized carbons (Fsp3) is 0.667. The van der Waals surface area contributed by atoms with Crippen LogP contribution in [0.4, 0.5) is 0 Å². The summed E-state index contributed by atoms with van der Waals surface area (Å²) < 4.78 is 0. The lowest BCUT2D eigenvalue weighted by Crippen LogP contribution is -2.36. The first-order valence-corrected chi connectivity index (χ1v) is 7.20. The first-order chi connectivity index (χ1) is 8.75. The minimum absolute atomic E-state index is 0.226. The molecule has 1 aromatic rings. The van der Waals surface area contributed by atoms with Crippen LogP contribution < -0.4 is 0 Å². The molecule has 1 saturated heterocycles. The molecule has 3 rings (SSSR count). The molecule has 3 heteroatoms. The highest BCUT2D eigenvalue weighted by molar-refractivity contribution is 5.73. The van der Waals surface area contributed by atoms with Crippen LogP contribution in [0.2, 0.25) is 0 Å². The van der Waals surface area contributed by atoms with Gasteiger partial charge in [0, 0.05) is 31.9 Å². The predicted molar refractivity (Wildman–Crippen MR) is 71.7 cm³/mol. The number of carbonyl (C=O) groups is 1. The van der Waals surface area contributed by atoms with Gasteiger partial charge in [0.1, 0.15) is 0 Å². The monoisotopic (exact) mass is 246 g/mol. The topological polar surface area (TPSA) is 36.1 Å². The Morgan fingerprint density at radius 2 is 2.00 bits per heavy atom. The van der Waals surface area contributed by atoms with E-state index in [-0.39, 0.29) is 5.91 Å². The maximum absolute atomic E-state index is 11.3. The number of aromatic nitrogens is 1. The van der Waals surface area contributed by atoms with Crippen molar-refractivity contribution < 1.29 is 4.79 Å². The number of hydrogen-bond donors (Lipinski definition) is 1. The summed E-state index contributed by atoms with van der Waals surface area (Å²) in [5.41, 5.74) is 4.63. The van der Waals surface area contributed by atoms with Gasteiger partial charge in [0.25, 0.3) is 0 Å². The van der Waals surface area contributed by atoms with Crippen LogP contribution >= 0.6 is 0 Å². The molecule has 0 bridgehead atoms. The van der Waals surface area contributed by atoms with Crippen LogP contribution in [-0.4, -0.2) is 28.9 Å². The van der Waals surface area contributed by atoms with E-state index in [1.165, 1.54) is 31.4 Å². The Bertz CT molecular complexity index is 441. The minimum atomic E-state index is 0.226. The Hall–Kier alpha value is -1.25. The van der Waals surface area contributed by atoms with E-state index in [2.05, 4.69) is 11.2 Å². The summed E-state index contributed by atoms with van der Waals surface area (Å²) in [7, 11) is 0. The maximum Gasteiger partial charge on any atom is 0.219 e. The molecule has 1 fully saturated rings. The second-order valence-corrected chi connectivity index (χ2v) is 5.69. The predicted octanol–water partition coefficient (Wildman–Crippen LogP) is 2.62. The number of aromatic amines is 1. The van der Waals surface area contributed by atoms with E-state index in [9.17, 15) is 4.79 Å². The quantitative estimate of drug-likeness (QED) is 0.812. The molecule has 1 aromatic heterocycles. The van der Waals surface area contributed by atoms with Crippen molar-refractivity contribution in [1.29, 1.82) is 0 Å². The normalized spacial score (nSPS) is 20.8. The zero-order valence-electron chi connectivity index (χ0n) is 11.2. The van der Waals surface area contributed by atoms with Crippen LogP contribution in [-0.2, 0) is 17.6 Å². The van der Waals surface area contributed by atoms with Gasteiger partial charge in [0.15, 0.2) is 0 Å². The largest absolute Gasteiger partial charge is 0.364 e. The van der Waals surface area contributed by atoms with Gasteiger partial charge in [0.05, 0.1) is 0 Å². The first-order valence-electron chi connectivity index (χ1n) is 7.20. The van der Waals surface area contributed by atoms with Crippen molar-refractivity contribution in [3.8, 4) is 0 Å². The highest BCUT2D eigenvalue weighted by atomic mass is 16.2. The van der Waals surface area contributed by atoms with E-state index < -0.39 is 0 Å². The van der Waals surface area contributed by atoms with Crippen molar-refractivity contribution in [1.82, 2.24) is 9.88 Å². The Kier molecular flexibility index (Phi) is 3.14. The third-order valence-electron chi connectivity index (χ3n) is 4.60. The average Bonchev–Trinajstić information content (AvgIpc) is 2.82. The van der Waals surface area contributed by atoms with Gasteiger partial charge in [-0.3, -0.25) is 4.79 Å². The summed E-state index contributed by atoms with van der Waals surface area (Å²) >= 11 is 0. The smallest absolute Gasteiger partial charge is 0.219 e. The number of nitrogens with one attached hydrogen (secondary N) is 1. The number of fused-ring (bicyclic) bond motifs is 1. The third kappa shape index (κ3) is 2.06. The molecule has 3 nitrogen and oxygen atoms in total. The molecule has 98 valence electrons. The van der Waals surface area contributed by atoms with Crippen LogP contribution in [0.1, 0.15) is 55.3 Å². The van der Waals surface area contributed by atoms with Crippen molar-refractivity contribution in [2.45, 2.75) is 51.4 Å². The Balaban J connectivity index is 1.73. The van der Waals surface area contributed by atoms with Crippen LogP contribution in [0.5, 0.6) is 0 Å². The van der Waals surface area contributed by atoms with E-state index in [1.807, 2.05) is 4.90 Å². The van der Waals surface area contributed by atoms with Crippen molar-refractivity contribution in [2.24, 2.45) is 0 Å². The molecule has 0 aromatic carbocycles. The molecule has 1 amide bonds. The molecule has 18 heavy (non-hydrogen) atoms. The number of piperidine rings is 1. The van der Waals surface area contributed by atoms with E-state index in [4.69, 9.17) is 0 Å². The highest BCUT2D eigenvalue weighted by Gasteiger charge is 2.26. The first kappa shape index (κ1) is 11.8. The number of nitrogens with zero attached hydrogens (tertiary/aromatic N) is 1. The zero-order valence-corrected chi connectivity index (χ0v) is 11.2. The van der Waals surface area contributed by atoms with Crippen molar-refractivity contribution in [3.05, 3.63) is 23.0 Å². The number of carbonyl (C=O) groups excluding carboxylic acids is 1. The summed E-state index contributed by atoms with van der Waals surface area (Å²) in [6, 6.07) is 0. The number of H-pyrrole nitrogens is 1. The van der Waals surface area contributed by atoms with Gasteiger partial charge < -0.3 is 9.88 Å². The summed E-state index contributed by atoms with van der Waals surface area (Å²) in [4.78, 5) is 16.8. The van der Waals surface area contributed by atoms with Crippen LogP contribution in [0.3, 0.4) is 0 Å². The molecule has 0 radical (unpaired) electrons. The second kappa shape index (κ2) is 4.79. The minimum Gasteiger partial charge on any atom is -0.364 e. The van der Waals surface area contributed by atoms with E-state index in [0.29, 0.717) is 5.92 Å². The SMILES string of the molecule is CC(=O)N1CCC(c2c[nH]c3c2CCCC3)CC1. The lowest BCUT2D eigenvalue weighted by Gasteiger charge is -2.32. The summed E-state index contributed by atoms with van der Waals surface area (Å²) in [6.45, 7) is 3.54. The number of aryl methyl sites for hydroxylation is 1. The summed E-state index contributed by atoms with van der Waals surface area (Å²) in [5.74, 6) is 0.892. The third-order valence-corrected chi connectivity index (χ3v) is 4.60. The van der Waals surface area contributed by atoms with E-state index in [0.717, 1.165) is 25.9 Å². The van der Waals surface area contributed by atoms with Gasteiger partial charge in [-0.2, -0.15) is 0 Å². The Morgan fingerprint density at radius 1 is 1.28 bits per heavy atom. The summed E-state index contributed by atoms with van der Waals surface area (Å²) in [6.07, 6.45) is 9.64. The van der Waals surface area contributed by atoms with Gasteiger partial charge in [-0.15, -0.1) is 0 Å². The molecule has 1 aliphatic carbocycles. The number of rotatable bonds is 1. The molecular weight excluding hydrogens is 224 g/mol. The Morgan fingerprint density at radius 3 is 2.72 bits per heavy atom. The van der Waals surface area contributed by atoms with Crippen molar-refractivity contribution >= 4 is 5.91 Å². The lowest BCUT2D eigenvalue weighted by atomic mass is 9.85. The van der Waals surface area contributed by atoms with Gasteiger partial charge in [-0.25, -0.2) is 0 Å². The van der Waals surface area contributed by atoms with Gasteiger partial charge in [0.2, 0.25) is 5.91 Å². The molecule has 1 N–H and O–H groups in total. The van der Waals surface area contributed by atoms with Crippen molar-refractivity contribution in [3.63, 3.8) is 0 Å². The molecule has 2 heterocycles. The Labute approximate surface area is 109 Å². The van der Waals surface area contributed by atoms with E-state index in [1.54, 1.807) is 18.1 Å². The number of hydrogen-bond acceptors (Lipinski definition) is 1. The molecule has 2 aliphatic rings. The molecule has 0 spiro atoms. The average molecular weight is 246 g/mol. The highest BCUT2D eigenvalue weighted by Crippen LogP contribution is 2.34. The second-order valence-electron chi connectivity index (χ2n) is 5.69. The summed E-state index contributed by atoms with van der Waals surface area (Å²) in [5, 5.41) is 0. The standard InChI is InChI=1S/C15H22N2O/c1-11(18)17-8-6-12(7-9-17)14-10-16-15-5-3-2-4-13(14)15/h10,12,16H,2-9H2,1H3. The molecule has 1 aliphatic heterocycles. The molecular formula is C15H22N2O. The van der Waals surface area contributed by atoms with Crippen LogP contribution in [0.15, 0.2) is 6.20 Å². The molecule has 0 unspecified atom stereocenters. The molecule has 0 saturated carbocycles. The number of amides is 1. The van der Waals surface area contributed by atoms with Crippen molar-refractivity contribution in [2.75, 3.05) is 13.1 Å². The maximum atomic E-state index is 11.3. The fourth-order valence-corrected chi connectivity index (χ4v) is 3.50.